The van der Waals surface area contributed by atoms with Gasteiger partial charge < -0.3 is 10.2 Å². The molecule has 1 fully saturated rings. The van der Waals surface area contributed by atoms with Crippen molar-refractivity contribution in [2.24, 2.45) is 0 Å². The third-order valence-electron chi connectivity index (χ3n) is 3.61. The van der Waals surface area contributed by atoms with Crippen LogP contribution in [0.3, 0.4) is 0 Å². The molecule has 0 aromatic carbocycles. The van der Waals surface area contributed by atoms with Crippen LogP contribution in [0.15, 0.2) is 12.3 Å². The second-order valence-electron chi connectivity index (χ2n) is 5.14. The second-order valence-corrected chi connectivity index (χ2v) is 5.14. The Hall–Kier alpha value is -0.830. The molecule has 0 saturated carbocycles. The zero-order valence-electron chi connectivity index (χ0n) is 11.0. The van der Waals surface area contributed by atoms with E-state index in [1.165, 1.54) is 0 Å². The van der Waals surface area contributed by atoms with Crippen LogP contribution in [0.1, 0.15) is 46.5 Å². The molecular weight excluding hydrogens is 200 g/mol. The fraction of sp³-hybridized carbons (Fsp3) is 0.769. The lowest BCUT2D eigenvalue weighted by Gasteiger charge is -2.39. The maximum atomic E-state index is 12.4. The lowest BCUT2D eigenvalue weighted by atomic mass is 9.97. The highest BCUT2D eigenvalue weighted by Crippen LogP contribution is 2.29. The molecule has 16 heavy (non-hydrogen) atoms. The van der Waals surface area contributed by atoms with Crippen molar-refractivity contribution >= 4 is 5.91 Å². The van der Waals surface area contributed by atoms with Crippen LogP contribution in [-0.4, -0.2) is 29.4 Å². The molecule has 3 heteroatoms. The average Bonchev–Trinajstić information content (AvgIpc) is 2.37. The number of hydrogen-bond acceptors (Lipinski definition) is 2. The number of carbonyl (C=O) groups excluding carboxylic acids is 1. The van der Waals surface area contributed by atoms with Crippen LogP contribution >= 0.6 is 0 Å². The van der Waals surface area contributed by atoms with E-state index in [1.54, 1.807) is 0 Å². The van der Waals surface area contributed by atoms with Crippen molar-refractivity contribution in [3.63, 3.8) is 0 Å². The van der Waals surface area contributed by atoms with Gasteiger partial charge in [-0.3, -0.25) is 4.79 Å². The summed E-state index contributed by atoms with van der Waals surface area (Å²) in [6.45, 7) is 10.4. The first kappa shape index (κ1) is 13.2. The molecule has 1 amide bonds. The van der Waals surface area contributed by atoms with Crippen LogP contribution in [0.5, 0.6) is 0 Å². The molecule has 0 bridgehead atoms. The third-order valence-corrected chi connectivity index (χ3v) is 3.61. The van der Waals surface area contributed by atoms with E-state index in [0.29, 0.717) is 0 Å². The summed E-state index contributed by atoms with van der Waals surface area (Å²) in [6, 6.07) is -0.0509. The summed E-state index contributed by atoms with van der Waals surface area (Å²) in [5, 5.41) is 3.11. The average molecular weight is 224 g/mol. The highest BCUT2D eigenvalue weighted by molar-refractivity contribution is 5.84. The molecular formula is C13H24N2O. The number of allylic oxidation sites excluding steroid dienone is 1. The SMILES string of the molecule is C=C1CCCC(NC)C(=O)N1C(C)(C)CC. The quantitative estimate of drug-likeness (QED) is 0.797. The van der Waals surface area contributed by atoms with Gasteiger partial charge in [0.05, 0.1) is 6.04 Å². The van der Waals surface area contributed by atoms with Crippen LogP contribution in [0.25, 0.3) is 0 Å². The van der Waals surface area contributed by atoms with E-state index in [0.717, 1.165) is 31.4 Å². The Bertz CT molecular complexity index is 284. The fourth-order valence-electron chi connectivity index (χ4n) is 2.21. The summed E-state index contributed by atoms with van der Waals surface area (Å²) >= 11 is 0. The van der Waals surface area contributed by atoms with Gasteiger partial charge in [-0.25, -0.2) is 0 Å². The molecule has 1 heterocycles. The van der Waals surface area contributed by atoms with Crippen LogP contribution < -0.4 is 5.32 Å². The van der Waals surface area contributed by atoms with Gasteiger partial charge in [-0.2, -0.15) is 0 Å². The summed E-state index contributed by atoms with van der Waals surface area (Å²) in [4.78, 5) is 14.3. The summed E-state index contributed by atoms with van der Waals surface area (Å²) < 4.78 is 0. The molecule has 0 spiro atoms. The standard InChI is InChI=1S/C13H24N2O/c1-6-13(3,4)15-10(2)8-7-9-11(14-5)12(15)16/h11,14H,2,6-9H2,1,3-5H3. The van der Waals surface area contributed by atoms with Crippen molar-refractivity contribution in [3.05, 3.63) is 12.3 Å². The lowest BCUT2D eigenvalue weighted by molar-refractivity contribution is -0.135. The molecule has 1 unspecified atom stereocenters. The van der Waals surface area contributed by atoms with Crippen molar-refractivity contribution < 1.29 is 4.79 Å². The van der Waals surface area contributed by atoms with Crippen molar-refractivity contribution in [2.75, 3.05) is 7.05 Å². The first-order chi connectivity index (χ1) is 7.44. The normalized spacial score (nSPS) is 23.5. The molecule has 1 rings (SSSR count). The van der Waals surface area contributed by atoms with Crippen LogP contribution in [0.4, 0.5) is 0 Å². The van der Waals surface area contributed by atoms with Crippen LogP contribution in [-0.2, 0) is 4.79 Å². The lowest BCUT2D eigenvalue weighted by Crippen LogP contribution is -2.52. The smallest absolute Gasteiger partial charge is 0.244 e. The van der Waals surface area contributed by atoms with Gasteiger partial charge in [-0.05, 0) is 46.6 Å². The van der Waals surface area contributed by atoms with Crippen molar-refractivity contribution in [1.29, 1.82) is 0 Å². The van der Waals surface area contributed by atoms with Crippen LogP contribution in [0.2, 0.25) is 0 Å². The molecule has 1 aliphatic rings. The zero-order chi connectivity index (χ0) is 12.3. The minimum Gasteiger partial charge on any atom is -0.310 e. The minimum absolute atomic E-state index is 0.0509. The molecule has 1 atom stereocenters. The monoisotopic (exact) mass is 224 g/mol. The third kappa shape index (κ3) is 2.46. The van der Waals surface area contributed by atoms with Crippen molar-refractivity contribution in [3.8, 4) is 0 Å². The van der Waals surface area contributed by atoms with Gasteiger partial charge in [0.2, 0.25) is 5.91 Å². The van der Waals surface area contributed by atoms with E-state index in [4.69, 9.17) is 0 Å². The van der Waals surface area contributed by atoms with Gasteiger partial charge in [0, 0.05) is 11.2 Å². The molecule has 0 radical (unpaired) electrons. The Kier molecular flexibility index (Phi) is 4.14. The van der Waals surface area contributed by atoms with Gasteiger partial charge >= 0.3 is 0 Å². The number of likely N-dealkylation sites (N-methyl/N-ethyl adjacent to an activating group) is 1. The molecule has 92 valence electrons. The van der Waals surface area contributed by atoms with Crippen molar-refractivity contribution in [2.45, 2.75) is 58.0 Å². The first-order valence-electron chi connectivity index (χ1n) is 6.13. The molecule has 1 aliphatic heterocycles. The minimum atomic E-state index is -0.131. The Balaban J connectivity index is 3.00. The Morgan fingerprint density at radius 1 is 1.56 bits per heavy atom. The van der Waals surface area contributed by atoms with E-state index in [2.05, 4.69) is 32.7 Å². The summed E-state index contributed by atoms with van der Waals surface area (Å²) in [5.74, 6) is 0.178. The molecule has 1 saturated heterocycles. The van der Waals surface area contributed by atoms with Gasteiger partial charge in [0.15, 0.2) is 0 Å². The Morgan fingerprint density at radius 2 is 2.19 bits per heavy atom. The maximum absolute atomic E-state index is 12.4. The molecule has 0 aromatic rings. The fourth-order valence-corrected chi connectivity index (χ4v) is 2.21. The second kappa shape index (κ2) is 5.00. The van der Waals surface area contributed by atoms with Crippen molar-refractivity contribution in [1.82, 2.24) is 10.2 Å². The van der Waals surface area contributed by atoms with E-state index in [9.17, 15) is 4.79 Å². The highest BCUT2D eigenvalue weighted by Gasteiger charge is 2.36. The Labute approximate surface area is 98.9 Å². The molecule has 1 N–H and O–H groups in total. The summed E-state index contributed by atoms with van der Waals surface area (Å²) in [7, 11) is 1.85. The number of likely N-dealkylation sites (tertiary alicyclic amines) is 1. The number of hydrogen-bond donors (Lipinski definition) is 1. The van der Waals surface area contributed by atoms with E-state index in [1.807, 2.05) is 11.9 Å². The van der Waals surface area contributed by atoms with Gasteiger partial charge in [-0.1, -0.05) is 13.5 Å². The van der Waals surface area contributed by atoms with E-state index in [-0.39, 0.29) is 17.5 Å². The Morgan fingerprint density at radius 3 is 2.69 bits per heavy atom. The number of amides is 1. The summed E-state index contributed by atoms with van der Waals surface area (Å²) in [6.07, 6.45) is 3.80. The molecule has 0 aliphatic carbocycles. The van der Waals surface area contributed by atoms with Gasteiger partial charge in [-0.15, -0.1) is 0 Å². The van der Waals surface area contributed by atoms with E-state index < -0.39 is 0 Å². The first-order valence-corrected chi connectivity index (χ1v) is 6.13. The number of nitrogens with zero attached hydrogens (tertiary/aromatic N) is 1. The topological polar surface area (TPSA) is 32.3 Å². The highest BCUT2D eigenvalue weighted by atomic mass is 16.2. The van der Waals surface area contributed by atoms with Gasteiger partial charge in [0.25, 0.3) is 0 Å². The largest absolute Gasteiger partial charge is 0.310 e. The number of nitrogens with one attached hydrogen (secondary N) is 1. The molecule has 3 nitrogen and oxygen atoms in total. The van der Waals surface area contributed by atoms with E-state index >= 15 is 0 Å². The maximum Gasteiger partial charge on any atom is 0.244 e. The summed E-state index contributed by atoms with van der Waals surface area (Å²) in [5.41, 5.74) is 0.836. The zero-order valence-corrected chi connectivity index (χ0v) is 11.0. The van der Waals surface area contributed by atoms with Crippen LogP contribution in [0, 0.1) is 0 Å². The predicted octanol–water partition coefficient (Wildman–Crippen LogP) is 2.29. The molecule has 0 aromatic heterocycles. The predicted molar refractivity (Wildman–Crippen MR) is 67.1 cm³/mol. The van der Waals surface area contributed by atoms with Gasteiger partial charge in [0.1, 0.15) is 0 Å². The number of carbonyl (C=O) groups is 1. The number of rotatable bonds is 3.